The molecule has 0 aliphatic rings. The zero-order chi connectivity index (χ0) is 18.7. The standard InChI is InChI=1S/C15H13F3N4O2S/c16-15(17,18)11-6-7-13(10(8-11)9-21-22-14(19)20)25(23,24)12-4-2-1-3-5-12/h1-9H,(H4,19,20,22). The first kappa shape index (κ1) is 18.5. The van der Waals surface area contributed by atoms with Crippen LogP contribution in [0, 0.1) is 0 Å². The van der Waals surface area contributed by atoms with E-state index in [1.54, 1.807) is 6.07 Å². The number of nitrogens with two attached hydrogens (primary N) is 2. The maximum Gasteiger partial charge on any atom is 0.416 e. The number of alkyl halides is 3. The van der Waals surface area contributed by atoms with E-state index in [0.717, 1.165) is 12.3 Å². The minimum atomic E-state index is -4.65. The van der Waals surface area contributed by atoms with Crippen molar-refractivity contribution in [2.45, 2.75) is 16.0 Å². The molecule has 0 unspecified atom stereocenters. The fourth-order valence-electron chi connectivity index (χ4n) is 1.95. The Balaban J connectivity index is 2.65. The first-order valence-electron chi connectivity index (χ1n) is 6.76. The summed E-state index contributed by atoms with van der Waals surface area (Å²) in [6, 6.07) is 9.53. The van der Waals surface area contributed by atoms with Crippen molar-refractivity contribution in [3.05, 3.63) is 59.7 Å². The molecule has 0 spiro atoms. The van der Waals surface area contributed by atoms with Crippen LogP contribution < -0.4 is 11.5 Å². The lowest BCUT2D eigenvalue weighted by Gasteiger charge is -2.11. The van der Waals surface area contributed by atoms with Gasteiger partial charge in [0.1, 0.15) is 0 Å². The van der Waals surface area contributed by atoms with Gasteiger partial charge in [-0.1, -0.05) is 18.2 Å². The Kier molecular flexibility index (Phi) is 5.12. The highest BCUT2D eigenvalue weighted by atomic mass is 32.2. The van der Waals surface area contributed by atoms with Crippen molar-refractivity contribution in [3.63, 3.8) is 0 Å². The maximum absolute atomic E-state index is 12.9. The molecule has 0 heterocycles. The number of nitrogens with zero attached hydrogens (tertiary/aromatic N) is 2. The van der Waals surface area contributed by atoms with Crippen molar-refractivity contribution in [2.75, 3.05) is 0 Å². The number of benzene rings is 2. The van der Waals surface area contributed by atoms with E-state index < -0.39 is 27.5 Å². The van der Waals surface area contributed by atoms with Gasteiger partial charge in [-0.3, -0.25) is 0 Å². The topological polar surface area (TPSA) is 111 Å². The second-order valence-electron chi connectivity index (χ2n) is 4.84. The third-order valence-electron chi connectivity index (χ3n) is 3.05. The summed E-state index contributed by atoms with van der Waals surface area (Å²) < 4.78 is 64.1. The van der Waals surface area contributed by atoms with Crippen LogP contribution in [0.15, 0.2) is 68.5 Å². The van der Waals surface area contributed by atoms with Gasteiger partial charge in [0.05, 0.1) is 21.6 Å². The smallest absolute Gasteiger partial charge is 0.369 e. The zero-order valence-corrected chi connectivity index (χ0v) is 13.4. The normalized spacial score (nSPS) is 12.3. The Labute approximate surface area is 141 Å². The maximum atomic E-state index is 12.9. The fourth-order valence-corrected chi connectivity index (χ4v) is 3.39. The van der Waals surface area contributed by atoms with Gasteiger partial charge >= 0.3 is 6.18 Å². The van der Waals surface area contributed by atoms with Crippen molar-refractivity contribution in [1.29, 1.82) is 0 Å². The lowest BCUT2D eigenvalue weighted by molar-refractivity contribution is -0.137. The number of halogens is 3. The van der Waals surface area contributed by atoms with Crippen molar-refractivity contribution >= 4 is 22.0 Å². The average molecular weight is 370 g/mol. The van der Waals surface area contributed by atoms with Crippen molar-refractivity contribution in [2.24, 2.45) is 21.7 Å². The molecule has 0 aliphatic carbocycles. The van der Waals surface area contributed by atoms with E-state index >= 15 is 0 Å². The van der Waals surface area contributed by atoms with Gasteiger partial charge in [-0.2, -0.15) is 18.3 Å². The van der Waals surface area contributed by atoms with Crippen LogP contribution in [-0.2, 0) is 16.0 Å². The monoisotopic (exact) mass is 370 g/mol. The van der Waals surface area contributed by atoms with Gasteiger partial charge in [0.15, 0.2) is 0 Å². The van der Waals surface area contributed by atoms with E-state index in [2.05, 4.69) is 10.2 Å². The highest BCUT2D eigenvalue weighted by Crippen LogP contribution is 2.32. The van der Waals surface area contributed by atoms with Gasteiger partial charge in [-0.25, -0.2) is 8.42 Å². The molecule has 0 amide bonds. The molecule has 4 N–H and O–H groups in total. The summed E-state index contributed by atoms with van der Waals surface area (Å²) in [6.45, 7) is 0. The second kappa shape index (κ2) is 6.93. The Hall–Kier alpha value is -2.88. The lowest BCUT2D eigenvalue weighted by atomic mass is 10.1. The van der Waals surface area contributed by atoms with E-state index in [-0.39, 0.29) is 15.4 Å². The minimum Gasteiger partial charge on any atom is -0.369 e. The predicted octanol–water partition coefficient (Wildman–Crippen LogP) is 2.15. The molecule has 0 saturated heterocycles. The van der Waals surface area contributed by atoms with Crippen molar-refractivity contribution < 1.29 is 21.6 Å². The van der Waals surface area contributed by atoms with Crippen LogP contribution in [0.2, 0.25) is 0 Å². The van der Waals surface area contributed by atoms with Gasteiger partial charge < -0.3 is 11.5 Å². The van der Waals surface area contributed by atoms with E-state index in [4.69, 9.17) is 11.5 Å². The van der Waals surface area contributed by atoms with Gasteiger partial charge in [0.25, 0.3) is 0 Å². The zero-order valence-electron chi connectivity index (χ0n) is 12.6. The SMILES string of the molecule is NC(N)=NN=Cc1cc(C(F)(F)F)ccc1S(=O)(=O)c1ccccc1. The Morgan fingerprint density at radius 1 is 1.04 bits per heavy atom. The van der Waals surface area contributed by atoms with E-state index in [1.165, 1.54) is 24.3 Å². The van der Waals surface area contributed by atoms with Crippen LogP contribution in [0.25, 0.3) is 0 Å². The summed E-state index contributed by atoms with van der Waals surface area (Å²) in [6.07, 6.45) is -3.79. The van der Waals surface area contributed by atoms with Crippen LogP contribution in [0.1, 0.15) is 11.1 Å². The predicted molar refractivity (Wildman–Crippen MR) is 86.7 cm³/mol. The Morgan fingerprint density at radius 2 is 1.68 bits per heavy atom. The summed E-state index contributed by atoms with van der Waals surface area (Å²) in [4.78, 5) is -0.410. The molecule has 6 nitrogen and oxygen atoms in total. The molecule has 0 saturated carbocycles. The largest absolute Gasteiger partial charge is 0.416 e. The van der Waals surface area contributed by atoms with Crippen molar-refractivity contribution in [1.82, 2.24) is 0 Å². The Morgan fingerprint density at radius 3 is 2.24 bits per heavy atom. The highest BCUT2D eigenvalue weighted by molar-refractivity contribution is 7.91. The minimum absolute atomic E-state index is 0.0637. The highest BCUT2D eigenvalue weighted by Gasteiger charge is 2.32. The molecular formula is C15H13F3N4O2S. The first-order valence-corrected chi connectivity index (χ1v) is 8.24. The Bertz CT molecular complexity index is 920. The average Bonchev–Trinajstić information content (AvgIpc) is 2.54. The first-order chi connectivity index (χ1) is 11.6. The third kappa shape index (κ3) is 4.35. The van der Waals surface area contributed by atoms with Gasteiger partial charge in [0, 0.05) is 5.56 Å². The van der Waals surface area contributed by atoms with E-state index in [1.807, 2.05) is 0 Å². The van der Waals surface area contributed by atoms with Crippen LogP contribution in [0.5, 0.6) is 0 Å². The number of hydrogen-bond donors (Lipinski definition) is 2. The molecule has 132 valence electrons. The van der Waals surface area contributed by atoms with Gasteiger partial charge in [-0.05, 0) is 30.3 Å². The number of rotatable bonds is 4. The van der Waals surface area contributed by atoms with Crippen LogP contribution >= 0.6 is 0 Å². The van der Waals surface area contributed by atoms with Crippen LogP contribution in [0.4, 0.5) is 13.2 Å². The molecule has 10 heteroatoms. The number of hydrogen-bond acceptors (Lipinski definition) is 4. The van der Waals surface area contributed by atoms with Gasteiger partial charge in [0.2, 0.25) is 15.8 Å². The molecule has 0 bridgehead atoms. The quantitative estimate of drug-likeness (QED) is 0.488. The molecule has 2 aromatic rings. The molecule has 0 aromatic heterocycles. The lowest BCUT2D eigenvalue weighted by Crippen LogP contribution is -2.21. The summed E-state index contributed by atoms with van der Waals surface area (Å²) in [5.74, 6) is -0.421. The molecule has 25 heavy (non-hydrogen) atoms. The summed E-state index contributed by atoms with van der Waals surface area (Å²) >= 11 is 0. The summed E-state index contributed by atoms with van der Waals surface area (Å²) in [5, 5.41) is 6.69. The molecule has 2 aromatic carbocycles. The van der Waals surface area contributed by atoms with Crippen LogP contribution in [0.3, 0.4) is 0 Å². The fraction of sp³-hybridized carbons (Fsp3) is 0.0667. The summed E-state index contributed by atoms with van der Waals surface area (Å²) in [7, 11) is -4.05. The number of sulfone groups is 1. The van der Waals surface area contributed by atoms with Crippen LogP contribution in [-0.4, -0.2) is 20.6 Å². The van der Waals surface area contributed by atoms with Crippen molar-refractivity contribution in [3.8, 4) is 0 Å². The molecule has 0 atom stereocenters. The molecule has 0 aliphatic heterocycles. The van der Waals surface area contributed by atoms with E-state index in [9.17, 15) is 21.6 Å². The number of guanidine groups is 1. The second-order valence-corrected chi connectivity index (χ2v) is 6.75. The molecule has 0 radical (unpaired) electrons. The van der Waals surface area contributed by atoms with E-state index in [0.29, 0.717) is 12.1 Å². The molecular weight excluding hydrogens is 357 g/mol. The molecule has 0 fully saturated rings. The van der Waals surface area contributed by atoms with Gasteiger partial charge in [-0.15, -0.1) is 5.10 Å². The third-order valence-corrected chi connectivity index (χ3v) is 4.89. The summed E-state index contributed by atoms with van der Waals surface area (Å²) in [5.41, 5.74) is 8.86. The molecule has 2 rings (SSSR count).